The molecule has 2 N–H and O–H groups in total. The molecule has 0 saturated carbocycles. The van der Waals surface area contributed by atoms with Crippen molar-refractivity contribution in [2.75, 3.05) is 13.7 Å². The Morgan fingerprint density at radius 1 is 1.12 bits per heavy atom. The van der Waals surface area contributed by atoms with Gasteiger partial charge in [0.1, 0.15) is 0 Å². The van der Waals surface area contributed by atoms with Crippen molar-refractivity contribution in [2.24, 2.45) is 0 Å². The van der Waals surface area contributed by atoms with Crippen molar-refractivity contribution >= 4 is 29.1 Å². The molecule has 1 heterocycles. The molecule has 2 aromatic rings. The summed E-state index contributed by atoms with van der Waals surface area (Å²) in [6.45, 7) is 1.74. The highest BCUT2D eigenvalue weighted by atomic mass is 32.1. The fourth-order valence-electron chi connectivity index (χ4n) is 2.24. The second-order valence-corrected chi connectivity index (χ2v) is 6.69. The highest BCUT2D eigenvalue weighted by Crippen LogP contribution is 2.17. The fraction of sp³-hybridized carbons (Fsp3) is 0.278. The third-order valence-corrected chi connectivity index (χ3v) is 4.51. The lowest BCUT2D eigenvalue weighted by Gasteiger charge is -2.18. The molecule has 0 fully saturated rings. The van der Waals surface area contributed by atoms with E-state index in [1.165, 1.54) is 18.4 Å². The number of hydrogen-bond acceptors (Lipinski definition) is 5. The van der Waals surface area contributed by atoms with Gasteiger partial charge in [-0.2, -0.15) is 0 Å². The molecule has 0 bridgehead atoms. The van der Waals surface area contributed by atoms with Gasteiger partial charge >= 0.3 is 5.97 Å². The number of thiophene rings is 1. The van der Waals surface area contributed by atoms with Crippen LogP contribution in [0, 0.1) is 6.92 Å². The minimum atomic E-state index is -0.512. The number of methoxy groups -OCH3 is 1. The Bertz CT molecular complexity index is 743. The smallest absolute Gasteiger partial charge is 0.307 e. The van der Waals surface area contributed by atoms with Gasteiger partial charge in [-0.3, -0.25) is 14.4 Å². The van der Waals surface area contributed by atoms with Gasteiger partial charge in [0.25, 0.3) is 5.91 Å². The predicted molar refractivity (Wildman–Crippen MR) is 95.3 cm³/mol. The number of esters is 1. The summed E-state index contributed by atoms with van der Waals surface area (Å²) < 4.78 is 4.68. The minimum Gasteiger partial charge on any atom is -0.469 e. The SMILES string of the molecule is COC(=O)CC(NC(=O)CNC(=O)c1ccc(C)s1)c1ccccc1. The fourth-order valence-corrected chi connectivity index (χ4v) is 3.02. The summed E-state index contributed by atoms with van der Waals surface area (Å²) in [4.78, 5) is 37.3. The predicted octanol–water partition coefficient (Wildman–Crippen LogP) is 2.21. The van der Waals surface area contributed by atoms with E-state index in [-0.39, 0.29) is 24.8 Å². The molecular formula is C18H20N2O4S. The van der Waals surface area contributed by atoms with Crippen molar-refractivity contribution in [1.82, 2.24) is 10.6 Å². The van der Waals surface area contributed by atoms with Crippen molar-refractivity contribution in [3.63, 3.8) is 0 Å². The molecular weight excluding hydrogens is 340 g/mol. The van der Waals surface area contributed by atoms with Gasteiger partial charge in [0, 0.05) is 4.88 Å². The lowest BCUT2D eigenvalue weighted by molar-refractivity contribution is -0.141. The van der Waals surface area contributed by atoms with Crippen molar-refractivity contribution in [2.45, 2.75) is 19.4 Å². The minimum absolute atomic E-state index is 0.0182. The maximum Gasteiger partial charge on any atom is 0.307 e. The van der Waals surface area contributed by atoms with E-state index in [9.17, 15) is 14.4 Å². The lowest BCUT2D eigenvalue weighted by atomic mass is 10.0. The Morgan fingerprint density at radius 2 is 1.84 bits per heavy atom. The zero-order valence-electron chi connectivity index (χ0n) is 14.1. The molecule has 0 aliphatic carbocycles. The molecule has 0 spiro atoms. The van der Waals surface area contributed by atoms with Crippen molar-refractivity contribution in [3.05, 3.63) is 57.8 Å². The van der Waals surface area contributed by atoms with Gasteiger partial charge in [0.2, 0.25) is 5.91 Å². The molecule has 1 aromatic carbocycles. The van der Waals surface area contributed by atoms with Crippen LogP contribution in [0.15, 0.2) is 42.5 Å². The van der Waals surface area contributed by atoms with Gasteiger partial charge in [-0.05, 0) is 24.6 Å². The summed E-state index contributed by atoms with van der Waals surface area (Å²) in [7, 11) is 1.30. The summed E-state index contributed by atoms with van der Waals surface area (Å²) in [5.41, 5.74) is 0.793. The number of rotatable bonds is 7. The largest absolute Gasteiger partial charge is 0.469 e. The Morgan fingerprint density at radius 3 is 2.44 bits per heavy atom. The number of ether oxygens (including phenoxy) is 1. The summed E-state index contributed by atoms with van der Waals surface area (Å²) in [6.07, 6.45) is 0.0182. The first kappa shape index (κ1) is 18.7. The number of aryl methyl sites for hydroxylation is 1. The number of benzene rings is 1. The summed E-state index contributed by atoms with van der Waals surface area (Å²) in [5.74, 6) is -1.09. The maximum atomic E-state index is 12.2. The van der Waals surface area contributed by atoms with Crippen molar-refractivity contribution in [1.29, 1.82) is 0 Å². The van der Waals surface area contributed by atoms with E-state index in [1.54, 1.807) is 6.07 Å². The molecule has 1 aromatic heterocycles. The Kier molecular flexibility index (Phi) is 6.71. The zero-order chi connectivity index (χ0) is 18.2. The second-order valence-electron chi connectivity index (χ2n) is 5.40. The van der Waals surface area contributed by atoms with Crippen LogP contribution in [0.3, 0.4) is 0 Å². The highest BCUT2D eigenvalue weighted by molar-refractivity contribution is 7.13. The van der Waals surface area contributed by atoms with E-state index in [2.05, 4.69) is 15.4 Å². The van der Waals surface area contributed by atoms with Crippen LogP contribution in [0.5, 0.6) is 0 Å². The van der Waals surface area contributed by atoms with Crippen LogP contribution < -0.4 is 10.6 Å². The summed E-state index contributed by atoms with van der Waals surface area (Å²) in [6, 6.07) is 12.2. The van der Waals surface area contributed by atoms with Gasteiger partial charge in [0.05, 0.1) is 31.0 Å². The van der Waals surface area contributed by atoms with E-state index in [0.717, 1.165) is 10.4 Å². The van der Waals surface area contributed by atoms with E-state index in [4.69, 9.17) is 0 Å². The Hall–Kier alpha value is -2.67. The number of hydrogen-bond donors (Lipinski definition) is 2. The molecule has 2 rings (SSSR count). The number of nitrogens with one attached hydrogen (secondary N) is 2. The van der Waals surface area contributed by atoms with Crippen molar-refractivity contribution in [3.8, 4) is 0 Å². The lowest BCUT2D eigenvalue weighted by Crippen LogP contribution is -2.39. The third kappa shape index (κ3) is 5.72. The van der Waals surface area contributed by atoms with Crippen LogP contribution in [0.4, 0.5) is 0 Å². The average Bonchev–Trinajstić information content (AvgIpc) is 3.06. The summed E-state index contributed by atoms with van der Waals surface area (Å²) in [5, 5.41) is 5.34. The molecule has 132 valence electrons. The van der Waals surface area contributed by atoms with Crippen LogP contribution in [-0.4, -0.2) is 31.4 Å². The molecule has 25 heavy (non-hydrogen) atoms. The first-order chi connectivity index (χ1) is 12.0. The number of carbonyl (C=O) groups is 3. The quantitative estimate of drug-likeness (QED) is 0.742. The molecule has 7 heteroatoms. The number of carbonyl (C=O) groups excluding carboxylic acids is 3. The van der Waals surface area contributed by atoms with Crippen molar-refractivity contribution < 1.29 is 19.1 Å². The third-order valence-electron chi connectivity index (χ3n) is 3.51. The normalized spacial score (nSPS) is 11.4. The van der Waals surface area contributed by atoms with Gasteiger partial charge in [0.15, 0.2) is 0 Å². The molecule has 1 unspecified atom stereocenters. The molecule has 0 radical (unpaired) electrons. The van der Waals surface area contributed by atoms with Crippen LogP contribution in [0.1, 0.15) is 32.6 Å². The zero-order valence-corrected chi connectivity index (χ0v) is 14.9. The summed E-state index contributed by atoms with van der Waals surface area (Å²) >= 11 is 1.36. The number of amides is 2. The van der Waals surface area contributed by atoms with Crippen LogP contribution in [0.2, 0.25) is 0 Å². The van der Waals surface area contributed by atoms with Gasteiger partial charge in [-0.15, -0.1) is 11.3 Å². The van der Waals surface area contributed by atoms with Gasteiger partial charge in [-0.1, -0.05) is 30.3 Å². The highest BCUT2D eigenvalue weighted by Gasteiger charge is 2.19. The topological polar surface area (TPSA) is 84.5 Å². The van der Waals surface area contributed by atoms with Gasteiger partial charge < -0.3 is 15.4 Å². The van der Waals surface area contributed by atoms with Crippen LogP contribution in [0.25, 0.3) is 0 Å². The first-order valence-corrected chi connectivity index (χ1v) is 8.57. The van der Waals surface area contributed by atoms with E-state index >= 15 is 0 Å². The molecule has 6 nitrogen and oxygen atoms in total. The maximum absolute atomic E-state index is 12.2. The van der Waals surface area contributed by atoms with Crippen LogP contribution >= 0.6 is 11.3 Å². The van der Waals surface area contributed by atoms with Crippen LogP contribution in [-0.2, 0) is 14.3 Å². The second kappa shape index (κ2) is 8.98. The van der Waals surface area contributed by atoms with E-state index < -0.39 is 12.0 Å². The molecule has 2 amide bonds. The molecule has 0 aliphatic heterocycles. The monoisotopic (exact) mass is 360 g/mol. The first-order valence-electron chi connectivity index (χ1n) is 7.75. The standard InChI is InChI=1S/C18H20N2O4S/c1-12-8-9-15(25-12)18(23)19-11-16(21)20-14(10-17(22)24-2)13-6-4-3-5-7-13/h3-9,14H,10-11H2,1-2H3,(H,19,23)(H,20,21). The van der Waals surface area contributed by atoms with E-state index in [1.807, 2.05) is 43.3 Å². The molecule has 0 aliphatic rings. The molecule has 1 atom stereocenters. The Balaban J connectivity index is 1.94. The average molecular weight is 360 g/mol. The molecule has 0 saturated heterocycles. The van der Waals surface area contributed by atoms with E-state index in [0.29, 0.717) is 4.88 Å². The van der Waals surface area contributed by atoms with Gasteiger partial charge in [-0.25, -0.2) is 0 Å². The Labute approximate surface area is 150 Å².